The Labute approximate surface area is 148 Å². The van der Waals surface area contributed by atoms with Crippen molar-refractivity contribution in [3.8, 4) is 0 Å². The molecule has 0 atom stereocenters. The Morgan fingerprint density at radius 1 is 1.08 bits per heavy atom. The molecule has 3 aromatic rings. The molecule has 128 valence electrons. The molecule has 0 aliphatic carbocycles. The largest absolute Gasteiger partial charge is 0.465 e. The van der Waals surface area contributed by atoms with Gasteiger partial charge in [0, 0.05) is 17.3 Å². The van der Waals surface area contributed by atoms with Gasteiger partial charge in [0.1, 0.15) is 0 Å². The molecule has 0 spiro atoms. The van der Waals surface area contributed by atoms with E-state index in [0.29, 0.717) is 5.56 Å². The Morgan fingerprint density at radius 3 is 2.56 bits per heavy atom. The van der Waals surface area contributed by atoms with Crippen LogP contribution in [-0.4, -0.2) is 18.1 Å². The monoisotopic (exact) mass is 333 g/mol. The molecule has 3 nitrogen and oxygen atoms in total. The van der Waals surface area contributed by atoms with Crippen LogP contribution in [0.3, 0.4) is 0 Å². The van der Waals surface area contributed by atoms with Crippen LogP contribution in [-0.2, 0) is 17.6 Å². The van der Waals surface area contributed by atoms with Crippen LogP contribution >= 0.6 is 0 Å². The summed E-state index contributed by atoms with van der Waals surface area (Å²) in [6.45, 7) is 2.20. The minimum absolute atomic E-state index is 0.304. The van der Waals surface area contributed by atoms with Crippen molar-refractivity contribution < 1.29 is 9.53 Å². The standard InChI is InChI=1S/C22H23NO2/c1-3-4-9-21-20(19-8-6-5-7-18(19)15-23-21)14-16-10-12-17(13-11-16)22(24)25-2/h5-8,10-13,15H,3-4,9,14H2,1-2H3. The fraction of sp³-hybridized carbons (Fsp3) is 0.273. The number of carbonyl (C=O) groups is 1. The molecule has 3 heteroatoms. The van der Waals surface area contributed by atoms with Crippen LogP contribution in [0.5, 0.6) is 0 Å². The van der Waals surface area contributed by atoms with E-state index < -0.39 is 0 Å². The minimum Gasteiger partial charge on any atom is -0.465 e. The number of nitrogens with zero attached hydrogens (tertiary/aromatic N) is 1. The van der Waals surface area contributed by atoms with Crippen LogP contribution in [0.25, 0.3) is 10.8 Å². The van der Waals surface area contributed by atoms with Gasteiger partial charge in [-0.3, -0.25) is 4.98 Å². The van der Waals surface area contributed by atoms with Gasteiger partial charge in [-0.15, -0.1) is 0 Å². The number of rotatable bonds is 6. The van der Waals surface area contributed by atoms with Crippen LogP contribution in [0.4, 0.5) is 0 Å². The number of hydrogen-bond donors (Lipinski definition) is 0. The molecule has 0 aliphatic rings. The highest BCUT2D eigenvalue weighted by atomic mass is 16.5. The van der Waals surface area contributed by atoms with Gasteiger partial charge in [0.05, 0.1) is 12.7 Å². The van der Waals surface area contributed by atoms with E-state index in [1.165, 1.54) is 34.7 Å². The lowest BCUT2D eigenvalue weighted by atomic mass is 9.95. The van der Waals surface area contributed by atoms with Gasteiger partial charge in [0.25, 0.3) is 0 Å². The summed E-state index contributed by atoms with van der Waals surface area (Å²) in [5, 5.41) is 2.43. The molecule has 1 aromatic heterocycles. The molecule has 0 bridgehead atoms. The van der Waals surface area contributed by atoms with E-state index in [1.54, 1.807) is 0 Å². The number of carbonyl (C=O) groups excluding carboxylic acids is 1. The molecule has 0 N–H and O–H groups in total. The summed E-state index contributed by atoms with van der Waals surface area (Å²) < 4.78 is 4.77. The Morgan fingerprint density at radius 2 is 1.84 bits per heavy atom. The third-order valence-electron chi connectivity index (χ3n) is 4.52. The number of aromatic nitrogens is 1. The van der Waals surface area contributed by atoms with E-state index in [2.05, 4.69) is 25.1 Å². The normalized spacial score (nSPS) is 10.8. The van der Waals surface area contributed by atoms with Gasteiger partial charge in [-0.05, 0) is 47.9 Å². The van der Waals surface area contributed by atoms with Gasteiger partial charge in [-0.2, -0.15) is 0 Å². The minimum atomic E-state index is -0.304. The van der Waals surface area contributed by atoms with Crippen LogP contribution in [0, 0.1) is 0 Å². The molecule has 3 rings (SSSR count). The first-order valence-electron chi connectivity index (χ1n) is 8.75. The van der Waals surface area contributed by atoms with E-state index >= 15 is 0 Å². The number of unbranched alkanes of at least 4 members (excludes halogenated alkanes) is 1. The molecular weight excluding hydrogens is 310 g/mol. The summed E-state index contributed by atoms with van der Waals surface area (Å²) in [7, 11) is 1.40. The number of esters is 1. The van der Waals surface area contributed by atoms with Crippen molar-refractivity contribution in [2.24, 2.45) is 0 Å². The van der Waals surface area contributed by atoms with Crippen molar-refractivity contribution in [1.82, 2.24) is 4.98 Å². The number of methoxy groups -OCH3 is 1. The summed E-state index contributed by atoms with van der Waals surface area (Å²) in [4.78, 5) is 16.3. The van der Waals surface area contributed by atoms with Crippen molar-refractivity contribution >= 4 is 16.7 Å². The molecule has 0 unspecified atom stereocenters. The highest BCUT2D eigenvalue weighted by molar-refractivity contribution is 5.89. The SMILES string of the molecule is CCCCc1ncc2ccccc2c1Cc1ccc(C(=O)OC)cc1. The van der Waals surface area contributed by atoms with Crippen LogP contribution in [0.15, 0.2) is 54.7 Å². The zero-order chi connectivity index (χ0) is 17.6. The van der Waals surface area contributed by atoms with Crippen molar-refractivity contribution in [3.05, 3.63) is 77.1 Å². The van der Waals surface area contributed by atoms with Gasteiger partial charge >= 0.3 is 5.97 Å². The quantitative estimate of drug-likeness (QED) is 0.599. The van der Waals surface area contributed by atoms with Gasteiger partial charge < -0.3 is 4.74 Å². The third kappa shape index (κ3) is 3.87. The Hall–Kier alpha value is -2.68. The molecule has 2 aromatic carbocycles. The highest BCUT2D eigenvalue weighted by Gasteiger charge is 2.11. The lowest BCUT2D eigenvalue weighted by Gasteiger charge is -2.13. The molecule has 0 radical (unpaired) electrons. The van der Waals surface area contributed by atoms with Gasteiger partial charge in [0.15, 0.2) is 0 Å². The molecule has 0 aliphatic heterocycles. The number of hydrogen-bond acceptors (Lipinski definition) is 3. The summed E-state index contributed by atoms with van der Waals surface area (Å²) in [6, 6.07) is 16.0. The van der Waals surface area contributed by atoms with Crippen molar-refractivity contribution in [3.63, 3.8) is 0 Å². The van der Waals surface area contributed by atoms with Gasteiger partial charge in [-0.25, -0.2) is 4.79 Å². The second-order valence-corrected chi connectivity index (χ2v) is 6.24. The first-order valence-corrected chi connectivity index (χ1v) is 8.75. The second kappa shape index (κ2) is 7.93. The van der Waals surface area contributed by atoms with E-state index in [4.69, 9.17) is 9.72 Å². The van der Waals surface area contributed by atoms with Crippen LogP contribution in [0.2, 0.25) is 0 Å². The van der Waals surface area contributed by atoms with Crippen LogP contribution < -0.4 is 0 Å². The predicted octanol–water partition coefficient (Wildman–Crippen LogP) is 4.95. The molecule has 25 heavy (non-hydrogen) atoms. The van der Waals surface area contributed by atoms with E-state index in [-0.39, 0.29) is 5.97 Å². The van der Waals surface area contributed by atoms with E-state index in [1.807, 2.05) is 36.5 Å². The molecule has 0 saturated carbocycles. The fourth-order valence-corrected chi connectivity index (χ4v) is 3.10. The molecule has 0 fully saturated rings. The van der Waals surface area contributed by atoms with Crippen molar-refractivity contribution in [2.75, 3.05) is 7.11 Å². The first kappa shape index (κ1) is 17.2. The molecule has 1 heterocycles. The maximum absolute atomic E-state index is 11.6. The van der Waals surface area contributed by atoms with E-state index in [9.17, 15) is 4.79 Å². The number of pyridine rings is 1. The third-order valence-corrected chi connectivity index (χ3v) is 4.52. The number of fused-ring (bicyclic) bond motifs is 1. The Balaban J connectivity index is 1.97. The second-order valence-electron chi connectivity index (χ2n) is 6.24. The average Bonchev–Trinajstić information content (AvgIpc) is 2.67. The van der Waals surface area contributed by atoms with Crippen molar-refractivity contribution in [2.45, 2.75) is 32.6 Å². The average molecular weight is 333 g/mol. The number of aryl methyl sites for hydroxylation is 1. The summed E-state index contributed by atoms with van der Waals surface area (Å²) in [5.74, 6) is -0.304. The number of benzene rings is 2. The maximum atomic E-state index is 11.6. The lowest BCUT2D eigenvalue weighted by Crippen LogP contribution is -2.03. The topological polar surface area (TPSA) is 39.2 Å². The smallest absolute Gasteiger partial charge is 0.337 e. The Bertz CT molecular complexity index is 869. The highest BCUT2D eigenvalue weighted by Crippen LogP contribution is 2.25. The summed E-state index contributed by atoms with van der Waals surface area (Å²) >= 11 is 0. The summed E-state index contributed by atoms with van der Waals surface area (Å²) in [6.07, 6.45) is 6.08. The molecule has 0 amide bonds. The van der Waals surface area contributed by atoms with Crippen molar-refractivity contribution in [1.29, 1.82) is 0 Å². The zero-order valence-electron chi connectivity index (χ0n) is 14.8. The van der Waals surface area contributed by atoms with Crippen LogP contribution in [0.1, 0.15) is 46.9 Å². The molecular formula is C22H23NO2. The van der Waals surface area contributed by atoms with Gasteiger partial charge in [-0.1, -0.05) is 49.7 Å². The summed E-state index contributed by atoms with van der Waals surface area (Å²) in [5.41, 5.74) is 4.21. The first-order chi connectivity index (χ1) is 12.2. The fourth-order valence-electron chi connectivity index (χ4n) is 3.10. The lowest BCUT2D eigenvalue weighted by molar-refractivity contribution is 0.0600. The Kier molecular flexibility index (Phi) is 5.44. The van der Waals surface area contributed by atoms with Gasteiger partial charge in [0.2, 0.25) is 0 Å². The molecule has 0 saturated heterocycles. The number of ether oxygens (including phenoxy) is 1. The zero-order valence-corrected chi connectivity index (χ0v) is 14.8. The predicted molar refractivity (Wildman–Crippen MR) is 101 cm³/mol. The van der Waals surface area contributed by atoms with E-state index in [0.717, 1.165) is 25.7 Å². The maximum Gasteiger partial charge on any atom is 0.337 e.